The van der Waals surface area contributed by atoms with Crippen LogP contribution in [0.5, 0.6) is 5.75 Å². The van der Waals surface area contributed by atoms with Gasteiger partial charge in [0.25, 0.3) is 0 Å². The fourth-order valence-electron chi connectivity index (χ4n) is 3.32. The Morgan fingerprint density at radius 2 is 1.80 bits per heavy atom. The molecule has 11 nitrogen and oxygen atoms in total. The van der Waals surface area contributed by atoms with Crippen LogP contribution >= 0.6 is 0 Å². The third kappa shape index (κ3) is 6.81. The number of alkyl carbamates (subject to hydrolysis) is 1. The van der Waals surface area contributed by atoms with E-state index in [2.05, 4.69) is 10.6 Å². The lowest BCUT2D eigenvalue weighted by Gasteiger charge is -2.21. The highest BCUT2D eigenvalue weighted by Crippen LogP contribution is 2.23. The minimum atomic E-state index is -1.40. The van der Waals surface area contributed by atoms with Crippen LogP contribution in [0.3, 0.4) is 0 Å². The van der Waals surface area contributed by atoms with E-state index in [1.54, 1.807) is 36.4 Å². The highest BCUT2D eigenvalue weighted by molar-refractivity contribution is 5.91. The molecule has 1 aromatic heterocycles. The molecule has 0 saturated carbocycles. The molecule has 5 N–H and O–H groups in total. The number of methoxy groups -OCH3 is 1. The lowest BCUT2D eigenvalue weighted by Crippen LogP contribution is -2.55. The molecule has 0 aliphatic carbocycles. The SMILES string of the molecule is COc1ccc2c(C[C@@H](NC(=O)[C@H](CO)NC(=O)OCc3ccccc3)C(N)=O)cc(=O)oc2c1. The Balaban J connectivity index is 1.69. The number of primary amides is 1. The standard InChI is InChI=1S/C24H25N3O8/c1-33-16-7-8-17-15(10-21(29)35-20(17)11-16)9-18(22(25)30)26-23(31)19(12-28)27-24(32)34-13-14-5-3-2-4-6-14/h2-8,10-11,18-19,28H,9,12-13H2,1H3,(H2,25,30)(H,26,31)(H,27,32)/t18-,19+/m1/s1. The Labute approximate surface area is 199 Å². The first kappa shape index (κ1) is 25.2. The quantitative estimate of drug-likeness (QED) is 0.304. The Bertz CT molecular complexity index is 1260. The zero-order valence-corrected chi connectivity index (χ0v) is 18.9. The van der Waals surface area contributed by atoms with Crippen molar-refractivity contribution in [1.82, 2.24) is 10.6 Å². The van der Waals surface area contributed by atoms with Crippen LogP contribution in [0.2, 0.25) is 0 Å². The predicted molar refractivity (Wildman–Crippen MR) is 125 cm³/mol. The molecule has 0 bridgehead atoms. The number of hydrogen-bond donors (Lipinski definition) is 4. The van der Waals surface area contributed by atoms with E-state index in [1.165, 1.54) is 19.2 Å². The van der Waals surface area contributed by atoms with Crippen LogP contribution in [0.25, 0.3) is 11.0 Å². The maximum absolute atomic E-state index is 12.7. The molecule has 11 heteroatoms. The number of rotatable bonds is 10. The van der Waals surface area contributed by atoms with Crippen molar-refractivity contribution in [3.8, 4) is 5.75 Å². The van der Waals surface area contributed by atoms with Crippen molar-refractivity contribution in [2.75, 3.05) is 13.7 Å². The fourth-order valence-corrected chi connectivity index (χ4v) is 3.32. The fraction of sp³-hybridized carbons (Fsp3) is 0.250. The summed E-state index contributed by atoms with van der Waals surface area (Å²) in [6, 6.07) is 12.2. The van der Waals surface area contributed by atoms with Crippen LogP contribution in [-0.4, -0.2) is 48.8 Å². The molecule has 184 valence electrons. The zero-order chi connectivity index (χ0) is 25.4. The van der Waals surface area contributed by atoms with Gasteiger partial charge in [0.05, 0.1) is 13.7 Å². The number of carbonyl (C=O) groups excluding carboxylic acids is 3. The molecule has 3 amide bonds. The number of fused-ring (bicyclic) bond motifs is 1. The van der Waals surface area contributed by atoms with Gasteiger partial charge in [-0.2, -0.15) is 0 Å². The van der Waals surface area contributed by atoms with E-state index < -0.39 is 42.2 Å². The molecule has 0 radical (unpaired) electrons. The summed E-state index contributed by atoms with van der Waals surface area (Å²) in [5.41, 5.74) is 6.18. The summed E-state index contributed by atoms with van der Waals surface area (Å²) in [6.07, 6.45) is -1.06. The number of carbonyl (C=O) groups is 3. The topological polar surface area (TPSA) is 170 Å². The number of aliphatic hydroxyl groups excluding tert-OH is 1. The molecule has 0 saturated heterocycles. The number of nitrogens with one attached hydrogen (secondary N) is 2. The Morgan fingerprint density at radius 1 is 1.06 bits per heavy atom. The number of benzene rings is 2. The lowest BCUT2D eigenvalue weighted by atomic mass is 10.0. The van der Waals surface area contributed by atoms with Crippen molar-refractivity contribution in [2.45, 2.75) is 25.1 Å². The smallest absolute Gasteiger partial charge is 0.408 e. The Kier molecular flexibility index (Phi) is 8.41. The first-order valence-corrected chi connectivity index (χ1v) is 10.6. The van der Waals surface area contributed by atoms with Gasteiger partial charge in [0.2, 0.25) is 11.8 Å². The van der Waals surface area contributed by atoms with E-state index >= 15 is 0 Å². The summed E-state index contributed by atoms with van der Waals surface area (Å²) < 4.78 is 15.4. The molecule has 2 atom stereocenters. The molecule has 3 rings (SSSR count). The maximum Gasteiger partial charge on any atom is 0.408 e. The van der Waals surface area contributed by atoms with Gasteiger partial charge in [0, 0.05) is 23.9 Å². The van der Waals surface area contributed by atoms with Gasteiger partial charge in [-0.05, 0) is 23.3 Å². The summed E-state index contributed by atoms with van der Waals surface area (Å²) >= 11 is 0. The largest absolute Gasteiger partial charge is 0.497 e. The summed E-state index contributed by atoms with van der Waals surface area (Å²) in [5.74, 6) is -1.27. The van der Waals surface area contributed by atoms with E-state index in [4.69, 9.17) is 19.6 Å². The molecule has 0 aliphatic rings. The second-order valence-corrected chi connectivity index (χ2v) is 7.56. The van der Waals surface area contributed by atoms with Crippen molar-refractivity contribution in [3.63, 3.8) is 0 Å². The first-order valence-electron chi connectivity index (χ1n) is 10.6. The van der Waals surface area contributed by atoms with Crippen LogP contribution < -0.4 is 26.7 Å². The van der Waals surface area contributed by atoms with Crippen LogP contribution in [0.15, 0.2) is 63.8 Å². The minimum absolute atomic E-state index is 0.0369. The van der Waals surface area contributed by atoms with Gasteiger partial charge in [0.1, 0.15) is 30.0 Å². The minimum Gasteiger partial charge on any atom is -0.497 e. The summed E-state index contributed by atoms with van der Waals surface area (Å²) in [7, 11) is 1.46. The molecule has 0 aliphatic heterocycles. The van der Waals surface area contributed by atoms with Crippen molar-refractivity contribution in [2.24, 2.45) is 5.73 Å². The molecule has 3 aromatic rings. The molecule has 1 heterocycles. The Hall–Kier alpha value is -4.38. The lowest BCUT2D eigenvalue weighted by molar-refractivity contribution is -0.129. The highest BCUT2D eigenvalue weighted by Gasteiger charge is 2.26. The van der Waals surface area contributed by atoms with Crippen LogP contribution in [-0.2, 0) is 27.4 Å². The van der Waals surface area contributed by atoms with E-state index in [0.29, 0.717) is 16.7 Å². The molecule has 2 aromatic carbocycles. The molecule has 35 heavy (non-hydrogen) atoms. The summed E-state index contributed by atoms with van der Waals surface area (Å²) in [6.45, 7) is -0.791. The number of hydrogen-bond acceptors (Lipinski definition) is 8. The second kappa shape index (κ2) is 11.7. The predicted octanol–water partition coefficient (Wildman–Crippen LogP) is 0.602. The molecule has 0 spiro atoms. The molecular weight excluding hydrogens is 458 g/mol. The highest BCUT2D eigenvalue weighted by atomic mass is 16.5. The third-order valence-electron chi connectivity index (χ3n) is 5.13. The summed E-state index contributed by atoms with van der Waals surface area (Å²) in [5, 5.41) is 14.7. The molecule has 0 fully saturated rings. The van der Waals surface area contributed by atoms with Crippen LogP contribution in [0, 0.1) is 0 Å². The normalized spacial score (nSPS) is 12.4. The van der Waals surface area contributed by atoms with Crippen LogP contribution in [0.1, 0.15) is 11.1 Å². The van der Waals surface area contributed by atoms with Crippen molar-refractivity contribution < 1.29 is 33.4 Å². The summed E-state index contributed by atoms with van der Waals surface area (Å²) in [4.78, 5) is 48.8. The van der Waals surface area contributed by atoms with Gasteiger partial charge in [0.15, 0.2) is 0 Å². The second-order valence-electron chi connectivity index (χ2n) is 7.56. The van der Waals surface area contributed by atoms with Crippen molar-refractivity contribution >= 4 is 28.9 Å². The first-order chi connectivity index (χ1) is 16.8. The van der Waals surface area contributed by atoms with Crippen molar-refractivity contribution in [3.05, 3.63) is 76.1 Å². The molecular formula is C24H25N3O8. The monoisotopic (exact) mass is 483 g/mol. The number of aliphatic hydroxyl groups is 1. The van der Waals surface area contributed by atoms with Gasteiger partial charge >= 0.3 is 11.7 Å². The van der Waals surface area contributed by atoms with Crippen LogP contribution in [0.4, 0.5) is 4.79 Å². The zero-order valence-electron chi connectivity index (χ0n) is 18.9. The van der Waals surface area contributed by atoms with Gasteiger partial charge in [-0.1, -0.05) is 30.3 Å². The average molecular weight is 483 g/mol. The van der Waals surface area contributed by atoms with E-state index in [1.807, 2.05) is 6.07 Å². The number of nitrogens with two attached hydrogens (primary N) is 1. The third-order valence-corrected chi connectivity index (χ3v) is 5.13. The average Bonchev–Trinajstić information content (AvgIpc) is 2.85. The number of amides is 3. The van der Waals surface area contributed by atoms with Gasteiger partial charge < -0.3 is 35.4 Å². The van der Waals surface area contributed by atoms with Crippen molar-refractivity contribution in [1.29, 1.82) is 0 Å². The van der Waals surface area contributed by atoms with Gasteiger partial charge in [-0.25, -0.2) is 9.59 Å². The molecule has 0 unspecified atom stereocenters. The number of ether oxygens (including phenoxy) is 2. The Morgan fingerprint density at radius 3 is 2.46 bits per heavy atom. The van der Waals surface area contributed by atoms with Gasteiger partial charge in [-0.15, -0.1) is 0 Å². The van der Waals surface area contributed by atoms with Gasteiger partial charge in [-0.3, -0.25) is 9.59 Å². The van der Waals surface area contributed by atoms with E-state index in [0.717, 1.165) is 5.56 Å². The van der Waals surface area contributed by atoms with E-state index in [9.17, 15) is 24.3 Å². The maximum atomic E-state index is 12.7. The van der Waals surface area contributed by atoms with E-state index in [-0.39, 0.29) is 18.6 Å².